The lowest BCUT2D eigenvalue weighted by molar-refractivity contribution is 0.0591. The number of hydrogen-bond donors (Lipinski definition) is 2. The second kappa shape index (κ2) is 17.8. The van der Waals surface area contributed by atoms with Crippen LogP contribution >= 0.6 is 0 Å². The van der Waals surface area contributed by atoms with Crippen molar-refractivity contribution >= 4 is 18.2 Å². The van der Waals surface area contributed by atoms with Crippen molar-refractivity contribution in [2.24, 2.45) is 5.73 Å². The highest BCUT2D eigenvalue weighted by Gasteiger charge is 2.05. The van der Waals surface area contributed by atoms with Crippen LogP contribution in [0.25, 0.3) is 0 Å². The summed E-state index contributed by atoms with van der Waals surface area (Å²) in [6.45, 7) is 2.17. The third-order valence-electron chi connectivity index (χ3n) is 5.37. The van der Waals surface area contributed by atoms with Crippen molar-refractivity contribution in [2.45, 2.75) is 19.6 Å². The number of nitrogens with one attached hydrogen (secondary N) is 1. The van der Waals surface area contributed by atoms with E-state index in [9.17, 15) is 14.4 Å². The number of nitrogens with two attached hydrogens (primary N) is 1. The summed E-state index contributed by atoms with van der Waals surface area (Å²) in [6.07, 6.45) is 0.687. The summed E-state index contributed by atoms with van der Waals surface area (Å²) in [6, 6.07) is 34.0. The highest BCUT2D eigenvalue weighted by atomic mass is 16.5. The molecule has 0 bridgehead atoms. The highest BCUT2D eigenvalue weighted by Crippen LogP contribution is 2.07. The van der Waals surface area contributed by atoms with Gasteiger partial charge in [-0.15, -0.1) is 0 Å². The van der Waals surface area contributed by atoms with Crippen LogP contribution in [0.15, 0.2) is 109 Å². The van der Waals surface area contributed by atoms with E-state index < -0.39 is 5.97 Å². The van der Waals surface area contributed by atoms with Crippen molar-refractivity contribution in [3.8, 4) is 0 Å². The molecule has 0 heterocycles. The Kier molecular flexibility index (Phi) is 14.0. The van der Waals surface area contributed by atoms with E-state index in [-0.39, 0.29) is 5.97 Å². The van der Waals surface area contributed by atoms with Crippen LogP contribution in [0.2, 0.25) is 0 Å². The summed E-state index contributed by atoms with van der Waals surface area (Å²) < 4.78 is 9.19. The van der Waals surface area contributed by atoms with Crippen LogP contribution in [0.1, 0.15) is 47.8 Å². The molecule has 0 aliphatic heterocycles. The molecule has 0 saturated carbocycles. The molecule has 7 nitrogen and oxygen atoms in total. The van der Waals surface area contributed by atoms with Gasteiger partial charge >= 0.3 is 11.9 Å². The van der Waals surface area contributed by atoms with E-state index in [4.69, 9.17) is 10.5 Å². The Labute approximate surface area is 229 Å². The molecule has 3 N–H and O–H groups in total. The van der Waals surface area contributed by atoms with Crippen LogP contribution < -0.4 is 11.1 Å². The molecule has 0 saturated heterocycles. The van der Waals surface area contributed by atoms with Gasteiger partial charge in [-0.1, -0.05) is 84.9 Å². The van der Waals surface area contributed by atoms with Gasteiger partial charge in [-0.05, 0) is 41.0 Å². The molecule has 0 fully saturated rings. The van der Waals surface area contributed by atoms with Crippen molar-refractivity contribution in [3.05, 3.63) is 143 Å². The Hall–Kier alpha value is -4.59. The second-order valence-corrected chi connectivity index (χ2v) is 8.21. The normalized spacial score (nSPS) is 9.62. The zero-order chi connectivity index (χ0) is 28.3. The van der Waals surface area contributed by atoms with E-state index in [0.717, 1.165) is 18.7 Å². The van der Waals surface area contributed by atoms with E-state index in [2.05, 4.69) is 22.2 Å². The Balaban J connectivity index is 0.000000227. The van der Waals surface area contributed by atoms with E-state index in [0.29, 0.717) is 29.5 Å². The van der Waals surface area contributed by atoms with Crippen molar-refractivity contribution in [1.82, 2.24) is 5.32 Å². The Bertz CT molecular complexity index is 1290. The zero-order valence-corrected chi connectivity index (χ0v) is 22.2. The third kappa shape index (κ3) is 11.6. The fraction of sp³-hybridized carbons (Fsp3) is 0.156. The number of carbonyl (C=O) groups is 3. The first-order valence-electron chi connectivity index (χ1n) is 12.3. The van der Waals surface area contributed by atoms with Gasteiger partial charge in [-0.25, -0.2) is 9.59 Å². The second-order valence-electron chi connectivity index (χ2n) is 8.21. The molecule has 0 atom stereocenters. The van der Waals surface area contributed by atoms with Gasteiger partial charge in [0.15, 0.2) is 0 Å². The average Bonchev–Trinajstić information content (AvgIpc) is 3.02. The molecule has 39 heavy (non-hydrogen) atoms. The van der Waals surface area contributed by atoms with Crippen LogP contribution in [-0.4, -0.2) is 32.4 Å². The number of aldehydes is 1. The smallest absolute Gasteiger partial charge is 0.337 e. The molecule has 4 aromatic rings. The standard InChI is InChI=1S/C16H17NO2.C9H8O3.C7H9N/c1-19-16(18)15-9-5-8-14(10-15)12-17-11-13-6-3-2-4-7-13;1-12-9(11)8-4-2-3-7(5-8)6-10;8-6-7-4-2-1-3-5-7/h2-10,17H,11-12H2,1H3;2-6H,1H3;1-5H,6,8H2. The molecule has 202 valence electrons. The molecule has 0 aliphatic carbocycles. The number of esters is 2. The van der Waals surface area contributed by atoms with Gasteiger partial charge in [-0.3, -0.25) is 4.79 Å². The topological polar surface area (TPSA) is 108 Å². The fourth-order valence-electron chi connectivity index (χ4n) is 3.34. The van der Waals surface area contributed by atoms with E-state index in [1.165, 1.54) is 31.4 Å². The number of rotatable bonds is 8. The first-order chi connectivity index (χ1) is 19.0. The van der Waals surface area contributed by atoms with Gasteiger partial charge in [0.25, 0.3) is 0 Å². The fourth-order valence-corrected chi connectivity index (χ4v) is 3.34. The lowest BCUT2D eigenvalue weighted by Gasteiger charge is -2.06. The summed E-state index contributed by atoms with van der Waals surface area (Å²) in [7, 11) is 2.69. The highest BCUT2D eigenvalue weighted by molar-refractivity contribution is 5.91. The van der Waals surface area contributed by atoms with Crippen molar-refractivity contribution < 1.29 is 23.9 Å². The Morgan fingerprint density at radius 1 is 0.667 bits per heavy atom. The minimum absolute atomic E-state index is 0.301. The minimum Gasteiger partial charge on any atom is -0.465 e. The number of ether oxygens (including phenoxy) is 2. The minimum atomic E-state index is -0.432. The van der Waals surface area contributed by atoms with Gasteiger partial charge in [0.05, 0.1) is 25.3 Å². The number of methoxy groups -OCH3 is 2. The van der Waals surface area contributed by atoms with Crippen LogP contribution in [0, 0.1) is 0 Å². The molecular formula is C32H34N2O5. The maximum absolute atomic E-state index is 11.4. The van der Waals surface area contributed by atoms with E-state index >= 15 is 0 Å². The molecule has 0 spiro atoms. The quantitative estimate of drug-likeness (QED) is 0.240. The van der Waals surface area contributed by atoms with E-state index in [1.807, 2.05) is 66.7 Å². The molecule has 7 heteroatoms. The zero-order valence-electron chi connectivity index (χ0n) is 22.2. The van der Waals surface area contributed by atoms with Gasteiger partial charge < -0.3 is 20.5 Å². The first kappa shape index (κ1) is 30.6. The molecule has 4 aromatic carbocycles. The number of carbonyl (C=O) groups excluding carboxylic acids is 3. The van der Waals surface area contributed by atoms with Crippen LogP contribution in [0.3, 0.4) is 0 Å². The molecule has 0 aliphatic rings. The van der Waals surface area contributed by atoms with Crippen LogP contribution in [0.4, 0.5) is 0 Å². The number of hydrogen-bond acceptors (Lipinski definition) is 7. The average molecular weight is 527 g/mol. The summed E-state index contributed by atoms with van der Waals surface area (Å²) >= 11 is 0. The summed E-state index contributed by atoms with van der Waals surface area (Å²) in [5.41, 5.74) is 10.3. The van der Waals surface area contributed by atoms with Crippen LogP contribution in [0.5, 0.6) is 0 Å². The predicted molar refractivity (Wildman–Crippen MR) is 152 cm³/mol. The molecule has 0 amide bonds. The first-order valence-corrected chi connectivity index (χ1v) is 12.3. The SMILES string of the molecule is COC(=O)c1cccc(C=O)c1.COC(=O)c1cccc(CNCc2ccccc2)c1.NCc1ccccc1. The van der Waals surface area contributed by atoms with Gasteiger partial charge in [0.1, 0.15) is 6.29 Å². The summed E-state index contributed by atoms with van der Waals surface area (Å²) in [5.74, 6) is -0.733. The van der Waals surface area contributed by atoms with E-state index in [1.54, 1.807) is 24.3 Å². The molecule has 0 aromatic heterocycles. The number of benzene rings is 4. The lowest BCUT2D eigenvalue weighted by Crippen LogP contribution is -2.13. The Morgan fingerprint density at radius 2 is 1.15 bits per heavy atom. The predicted octanol–water partition coefficient (Wildman–Crippen LogP) is 5.19. The van der Waals surface area contributed by atoms with Crippen molar-refractivity contribution in [1.29, 1.82) is 0 Å². The monoisotopic (exact) mass is 526 g/mol. The molecular weight excluding hydrogens is 492 g/mol. The molecule has 0 radical (unpaired) electrons. The third-order valence-corrected chi connectivity index (χ3v) is 5.37. The lowest BCUT2D eigenvalue weighted by atomic mass is 10.1. The Morgan fingerprint density at radius 3 is 1.67 bits per heavy atom. The van der Waals surface area contributed by atoms with Gasteiger partial charge in [0, 0.05) is 25.2 Å². The van der Waals surface area contributed by atoms with Crippen LogP contribution in [-0.2, 0) is 29.1 Å². The van der Waals surface area contributed by atoms with Crippen molar-refractivity contribution in [3.63, 3.8) is 0 Å². The summed E-state index contributed by atoms with van der Waals surface area (Å²) in [5, 5.41) is 3.35. The summed E-state index contributed by atoms with van der Waals surface area (Å²) in [4.78, 5) is 32.7. The largest absolute Gasteiger partial charge is 0.465 e. The van der Waals surface area contributed by atoms with Crippen molar-refractivity contribution in [2.75, 3.05) is 14.2 Å². The maximum atomic E-state index is 11.4. The van der Waals surface area contributed by atoms with Gasteiger partial charge in [0.2, 0.25) is 0 Å². The molecule has 4 rings (SSSR count). The molecule has 0 unspecified atom stereocenters. The maximum Gasteiger partial charge on any atom is 0.337 e. The van der Waals surface area contributed by atoms with Gasteiger partial charge in [-0.2, -0.15) is 0 Å².